The Labute approximate surface area is 133 Å². The second-order valence-corrected chi connectivity index (χ2v) is 6.02. The minimum atomic E-state index is -0.864. The van der Waals surface area contributed by atoms with E-state index in [2.05, 4.69) is 15.4 Å². The Kier molecular flexibility index (Phi) is 4.13. The Balaban J connectivity index is 1.67. The molecular formula is C15H17ClN4O2. The summed E-state index contributed by atoms with van der Waals surface area (Å²) in [5.74, 6) is 0.675. The largest absolute Gasteiger partial charge is 0.389 e. The van der Waals surface area contributed by atoms with Gasteiger partial charge in [0.25, 0.3) is 0 Å². The van der Waals surface area contributed by atoms with Crippen LogP contribution in [0.2, 0.25) is 5.02 Å². The first kappa shape index (κ1) is 15.0. The van der Waals surface area contributed by atoms with Gasteiger partial charge in [-0.25, -0.2) is 9.67 Å². The van der Waals surface area contributed by atoms with Gasteiger partial charge in [0.2, 0.25) is 5.91 Å². The molecule has 2 aromatic heterocycles. The molecule has 2 N–H and O–H groups in total. The van der Waals surface area contributed by atoms with Gasteiger partial charge < -0.3 is 10.4 Å². The van der Waals surface area contributed by atoms with Gasteiger partial charge in [0.05, 0.1) is 17.0 Å². The van der Waals surface area contributed by atoms with Crippen LogP contribution in [0.5, 0.6) is 0 Å². The number of aliphatic hydroxyl groups is 1. The van der Waals surface area contributed by atoms with E-state index < -0.39 is 5.60 Å². The molecule has 0 spiro atoms. The number of hydrogen-bond donors (Lipinski definition) is 2. The molecule has 116 valence electrons. The average Bonchev–Trinajstić information content (AvgIpc) is 3.09. The minimum absolute atomic E-state index is 0.101. The minimum Gasteiger partial charge on any atom is -0.389 e. The molecule has 22 heavy (non-hydrogen) atoms. The molecule has 0 unspecified atom stereocenters. The van der Waals surface area contributed by atoms with Crippen molar-refractivity contribution in [1.82, 2.24) is 14.8 Å². The van der Waals surface area contributed by atoms with Crippen molar-refractivity contribution < 1.29 is 9.90 Å². The fourth-order valence-corrected chi connectivity index (χ4v) is 2.96. The standard InChI is InChI=1S/C15H17ClN4O2/c16-11-4-3-8-17-14(11)20-9-5-12(19-20)18-13(21)10-15(22)6-1-2-7-15/h3-5,8-9,22H,1-2,6-7,10H2,(H,18,19,21). The molecule has 1 aliphatic carbocycles. The predicted molar refractivity (Wildman–Crippen MR) is 83.0 cm³/mol. The Hall–Kier alpha value is -1.92. The Morgan fingerprint density at radius 1 is 1.41 bits per heavy atom. The summed E-state index contributed by atoms with van der Waals surface area (Å²) in [7, 11) is 0. The number of nitrogens with zero attached hydrogens (tertiary/aromatic N) is 3. The zero-order chi connectivity index (χ0) is 15.6. The second kappa shape index (κ2) is 6.06. The number of anilines is 1. The summed E-state index contributed by atoms with van der Waals surface area (Å²) in [6.45, 7) is 0. The van der Waals surface area contributed by atoms with Gasteiger partial charge >= 0.3 is 0 Å². The molecule has 1 amide bonds. The van der Waals surface area contributed by atoms with Gasteiger partial charge in [0.15, 0.2) is 11.6 Å². The fraction of sp³-hybridized carbons (Fsp3) is 0.400. The Morgan fingerprint density at radius 2 is 2.18 bits per heavy atom. The number of carbonyl (C=O) groups excluding carboxylic acids is 1. The van der Waals surface area contributed by atoms with E-state index in [-0.39, 0.29) is 12.3 Å². The van der Waals surface area contributed by atoms with Crippen molar-refractivity contribution in [2.75, 3.05) is 5.32 Å². The van der Waals surface area contributed by atoms with Crippen LogP contribution in [0.15, 0.2) is 30.6 Å². The van der Waals surface area contributed by atoms with Gasteiger partial charge in [-0.1, -0.05) is 24.4 Å². The topological polar surface area (TPSA) is 80.0 Å². The van der Waals surface area contributed by atoms with E-state index >= 15 is 0 Å². The smallest absolute Gasteiger partial charge is 0.228 e. The highest BCUT2D eigenvalue weighted by molar-refractivity contribution is 6.32. The van der Waals surface area contributed by atoms with E-state index in [1.807, 2.05) is 0 Å². The van der Waals surface area contributed by atoms with E-state index in [1.54, 1.807) is 30.6 Å². The number of hydrogen-bond acceptors (Lipinski definition) is 4. The van der Waals surface area contributed by atoms with E-state index in [0.29, 0.717) is 29.5 Å². The molecule has 0 saturated heterocycles. The molecule has 0 radical (unpaired) electrons. The van der Waals surface area contributed by atoms with Crippen LogP contribution in [0.1, 0.15) is 32.1 Å². The van der Waals surface area contributed by atoms with Crippen LogP contribution in [0, 0.1) is 0 Å². The first-order valence-electron chi connectivity index (χ1n) is 7.25. The molecule has 2 aromatic rings. The molecular weight excluding hydrogens is 304 g/mol. The van der Waals surface area contributed by atoms with Crippen LogP contribution in [0.4, 0.5) is 5.82 Å². The normalized spacial score (nSPS) is 16.6. The van der Waals surface area contributed by atoms with Crippen LogP contribution in [-0.2, 0) is 4.79 Å². The molecule has 3 rings (SSSR count). The van der Waals surface area contributed by atoms with Crippen molar-refractivity contribution in [2.45, 2.75) is 37.7 Å². The predicted octanol–water partition coefficient (Wildman–Crippen LogP) is 2.55. The van der Waals surface area contributed by atoms with E-state index in [0.717, 1.165) is 12.8 Å². The summed E-state index contributed by atoms with van der Waals surface area (Å²) in [6, 6.07) is 5.13. The summed E-state index contributed by atoms with van der Waals surface area (Å²) >= 11 is 6.06. The summed E-state index contributed by atoms with van der Waals surface area (Å²) < 4.78 is 1.50. The lowest BCUT2D eigenvalue weighted by Gasteiger charge is -2.20. The van der Waals surface area contributed by atoms with Crippen molar-refractivity contribution in [3.8, 4) is 5.82 Å². The monoisotopic (exact) mass is 320 g/mol. The van der Waals surface area contributed by atoms with Gasteiger partial charge in [-0.15, -0.1) is 5.10 Å². The highest BCUT2D eigenvalue weighted by atomic mass is 35.5. The van der Waals surface area contributed by atoms with E-state index in [1.165, 1.54) is 4.68 Å². The molecule has 7 heteroatoms. The van der Waals surface area contributed by atoms with Crippen molar-refractivity contribution in [3.63, 3.8) is 0 Å². The van der Waals surface area contributed by atoms with Crippen LogP contribution in [0.25, 0.3) is 5.82 Å². The average molecular weight is 321 g/mol. The quantitative estimate of drug-likeness (QED) is 0.907. The molecule has 0 aliphatic heterocycles. The van der Waals surface area contributed by atoms with Gasteiger partial charge in [0.1, 0.15) is 0 Å². The lowest BCUT2D eigenvalue weighted by Crippen LogP contribution is -2.30. The Bertz CT molecular complexity index is 680. The molecule has 2 heterocycles. The van der Waals surface area contributed by atoms with Gasteiger partial charge in [-0.3, -0.25) is 4.79 Å². The summed E-state index contributed by atoms with van der Waals surface area (Å²) in [5, 5.41) is 17.7. The summed E-state index contributed by atoms with van der Waals surface area (Å²) in [6.07, 6.45) is 6.69. The van der Waals surface area contributed by atoms with Crippen LogP contribution in [-0.4, -0.2) is 31.4 Å². The molecule has 1 saturated carbocycles. The third kappa shape index (κ3) is 3.28. The molecule has 0 bridgehead atoms. The number of amides is 1. The number of nitrogens with one attached hydrogen (secondary N) is 1. The molecule has 1 fully saturated rings. The first-order valence-corrected chi connectivity index (χ1v) is 7.62. The van der Waals surface area contributed by atoms with Crippen molar-refractivity contribution in [2.24, 2.45) is 0 Å². The lowest BCUT2D eigenvalue weighted by molar-refractivity contribution is -0.120. The Morgan fingerprint density at radius 3 is 2.91 bits per heavy atom. The van der Waals surface area contributed by atoms with Gasteiger partial charge in [-0.2, -0.15) is 0 Å². The zero-order valence-corrected chi connectivity index (χ0v) is 12.8. The van der Waals surface area contributed by atoms with E-state index in [9.17, 15) is 9.90 Å². The van der Waals surface area contributed by atoms with Crippen molar-refractivity contribution >= 4 is 23.3 Å². The number of pyridine rings is 1. The number of aromatic nitrogens is 3. The number of carbonyl (C=O) groups is 1. The lowest BCUT2D eigenvalue weighted by atomic mass is 9.98. The molecule has 0 aromatic carbocycles. The summed E-state index contributed by atoms with van der Waals surface area (Å²) in [5.41, 5.74) is -0.864. The second-order valence-electron chi connectivity index (χ2n) is 5.61. The zero-order valence-electron chi connectivity index (χ0n) is 12.0. The molecule has 6 nitrogen and oxygen atoms in total. The third-order valence-electron chi connectivity index (χ3n) is 3.84. The third-order valence-corrected chi connectivity index (χ3v) is 4.13. The maximum Gasteiger partial charge on any atom is 0.228 e. The molecule has 1 aliphatic rings. The van der Waals surface area contributed by atoms with E-state index in [4.69, 9.17) is 11.6 Å². The maximum absolute atomic E-state index is 12.0. The number of rotatable bonds is 4. The fourth-order valence-electron chi connectivity index (χ4n) is 2.75. The van der Waals surface area contributed by atoms with Crippen LogP contribution in [0.3, 0.4) is 0 Å². The summed E-state index contributed by atoms with van der Waals surface area (Å²) in [4.78, 5) is 16.2. The van der Waals surface area contributed by atoms with Gasteiger partial charge in [0, 0.05) is 18.5 Å². The van der Waals surface area contributed by atoms with Crippen molar-refractivity contribution in [3.05, 3.63) is 35.6 Å². The van der Waals surface area contributed by atoms with Crippen LogP contribution >= 0.6 is 11.6 Å². The number of halogens is 1. The molecule has 0 atom stereocenters. The highest BCUT2D eigenvalue weighted by Gasteiger charge is 2.33. The van der Waals surface area contributed by atoms with Crippen molar-refractivity contribution in [1.29, 1.82) is 0 Å². The van der Waals surface area contributed by atoms with Gasteiger partial charge in [-0.05, 0) is 25.0 Å². The first-order chi connectivity index (χ1) is 10.6. The maximum atomic E-state index is 12.0. The van der Waals surface area contributed by atoms with Crippen LogP contribution < -0.4 is 5.32 Å². The highest BCUT2D eigenvalue weighted by Crippen LogP contribution is 2.32. The SMILES string of the molecule is O=C(CC1(O)CCCC1)Nc1ccn(-c2ncccc2Cl)n1.